The first-order valence-corrected chi connectivity index (χ1v) is 6.77. The number of rotatable bonds is 4. The monoisotopic (exact) mass is 248 g/mol. The summed E-state index contributed by atoms with van der Waals surface area (Å²) in [5.74, 6) is 0.535. The molecule has 17 heavy (non-hydrogen) atoms. The summed E-state index contributed by atoms with van der Waals surface area (Å²) < 4.78 is 1.86. The molecular weight excluding hydrogens is 232 g/mol. The van der Waals surface area contributed by atoms with Gasteiger partial charge >= 0.3 is 0 Å². The molecule has 0 radical (unpaired) electrons. The van der Waals surface area contributed by atoms with Crippen molar-refractivity contribution < 1.29 is 0 Å². The Kier molecular flexibility index (Phi) is 3.68. The standard InChI is InChI=1S/C12H16N4S/c1-3-11-12(13)14-15-16(11)8-9-4-6-10(17-2)7-5-9/h4-7H,3,8,13H2,1-2H3. The van der Waals surface area contributed by atoms with E-state index in [-0.39, 0.29) is 0 Å². The summed E-state index contributed by atoms with van der Waals surface area (Å²) in [7, 11) is 0. The van der Waals surface area contributed by atoms with E-state index in [2.05, 4.69) is 47.8 Å². The minimum atomic E-state index is 0.535. The van der Waals surface area contributed by atoms with Crippen LogP contribution >= 0.6 is 11.8 Å². The lowest BCUT2D eigenvalue weighted by Gasteiger charge is -2.05. The van der Waals surface area contributed by atoms with Crippen LogP contribution in [0, 0.1) is 0 Å². The number of aromatic nitrogens is 3. The van der Waals surface area contributed by atoms with E-state index < -0.39 is 0 Å². The number of nitrogen functional groups attached to an aromatic ring is 1. The molecule has 1 aromatic carbocycles. The first kappa shape index (κ1) is 12.0. The molecule has 0 unspecified atom stereocenters. The molecule has 0 saturated heterocycles. The first-order valence-electron chi connectivity index (χ1n) is 5.55. The van der Waals surface area contributed by atoms with E-state index in [0.29, 0.717) is 5.82 Å². The van der Waals surface area contributed by atoms with Crippen molar-refractivity contribution in [2.24, 2.45) is 0 Å². The highest BCUT2D eigenvalue weighted by Gasteiger charge is 2.07. The Balaban J connectivity index is 2.19. The maximum absolute atomic E-state index is 5.75. The number of anilines is 1. The van der Waals surface area contributed by atoms with Crippen molar-refractivity contribution in [2.75, 3.05) is 12.0 Å². The first-order chi connectivity index (χ1) is 8.24. The molecular formula is C12H16N4S. The lowest BCUT2D eigenvalue weighted by atomic mass is 10.2. The van der Waals surface area contributed by atoms with Crippen molar-refractivity contribution in [3.05, 3.63) is 35.5 Å². The van der Waals surface area contributed by atoms with Crippen LogP contribution in [-0.4, -0.2) is 21.2 Å². The van der Waals surface area contributed by atoms with Crippen LogP contribution in [0.15, 0.2) is 29.2 Å². The van der Waals surface area contributed by atoms with Gasteiger partial charge in [0.25, 0.3) is 0 Å². The van der Waals surface area contributed by atoms with Gasteiger partial charge in [-0.15, -0.1) is 16.9 Å². The van der Waals surface area contributed by atoms with Crippen LogP contribution in [0.3, 0.4) is 0 Å². The molecule has 0 aliphatic carbocycles. The van der Waals surface area contributed by atoms with Crippen LogP contribution in [0.5, 0.6) is 0 Å². The topological polar surface area (TPSA) is 56.7 Å². The molecule has 2 aromatic rings. The average molecular weight is 248 g/mol. The van der Waals surface area contributed by atoms with Crippen LogP contribution in [0.4, 0.5) is 5.82 Å². The predicted octanol–water partition coefficient (Wildman–Crippen LogP) is 2.19. The third-order valence-electron chi connectivity index (χ3n) is 2.69. The van der Waals surface area contributed by atoms with Gasteiger partial charge in [-0.1, -0.05) is 24.3 Å². The summed E-state index contributed by atoms with van der Waals surface area (Å²) >= 11 is 1.74. The van der Waals surface area contributed by atoms with Gasteiger partial charge in [0.15, 0.2) is 5.82 Å². The molecule has 0 aliphatic heterocycles. The zero-order chi connectivity index (χ0) is 12.3. The highest BCUT2D eigenvalue weighted by Crippen LogP contribution is 2.16. The average Bonchev–Trinajstić information content (AvgIpc) is 2.71. The van der Waals surface area contributed by atoms with Gasteiger partial charge in [-0.2, -0.15) is 0 Å². The van der Waals surface area contributed by atoms with Gasteiger partial charge in [0.1, 0.15) is 0 Å². The van der Waals surface area contributed by atoms with Crippen molar-refractivity contribution in [1.29, 1.82) is 0 Å². The van der Waals surface area contributed by atoms with Crippen LogP contribution < -0.4 is 5.73 Å². The predicted molar refractivity (Wildman–Crippen MR) is 71.1 cm³/mol. The van der Waals surface area contributed by atoms with Crippen LogP contribution in [0.2, 0.25) is 0 Å². The Labute approximate surface area is 105 Å². The fraction of sp³-hybridized carbons (Fsp3) is 0.333. The molecule has 2 N–H and O–H groups in total. The molecule has 4 nitrogen and oxygen atoms in total. The summed E-state index contributed by atoms with van der Waals surface area (Å²) in [4.78, 5) is 1.27. The fourth-order valence-corrected chi connectivity index (χ4v) is 2.15. The molecule has 0 saturated carbocycles. The Morgan fingerprint density at radius 2 is 2.00 bits per heavy atom. The number of thioether (sulfide) groups is 1. The third kappa shape index (κ3) is 2.61. The molecule has 0 bridgehead atoms. The smallest absolute Gasteiger partial charge is 0.169 e. The number of nitrogens with two attached hydrogens (primary N) is 1. The lowest BCUT2D eigenvalue weighted by Crippen LogP contribution is -2.06. The van der Waals surface area contributed by atoms with Gasteiger partial charge in [0.2, 0.25) is 0 Å². The molecule has 90 valence electrons. The Bertz CT molecular complexity index is 490. The summed E-state index contributed by atoms with van der Waals surface area (Å²) in [6.45, 7) is 2.78. The third-order valence-corrected chi connectivity index (χ3v) is 3.44. The van der Waals surface area contributed by atoms with Crippen LogP contribution in [0.25, 0.3) is 0 Å². The van der Waals surface area contributed by atoms with Crippen molar-refractivity contribution >= 4 is 17.6 Å². The Morgan fingerprint density at radius 1 is 1.29 bits per heavy atom. The van der Waals surface area contributed by atoms with Gasteiger partial charge in [-0.25, -0.2) is 4.68 Å². The lowest BCUT2D eigenvalue weighted by molar-refractivity contribution is 0.622. The molecule has 0 aliphatic rings. The molecule has 0 amide bonds. The van der Waals surface area contributed by atoms with Crippen molar-refractivity contribution in [3.8, 4) is 0 Å². The van der Waals surface area contributed by atoms with E-state index >= 15 is 0 Å². The summed E-state index contributed by atoms with van der Waals surface area (Å²) in [5, 5.41) is 7.96. The summed E-state index contributed by atoms with van der Waals surface area (Å²) in [6, 6.07) is 8.46. The van der Waals surface area contributed by atoms with Gasteiger partial charge in [-0.05, 0) is 30.4 Å². The second kappa shape index (κ2) is 5.23. The van der Waals surface area contributed by atoms with E-state index in [1.54, 1.807) is 11.8 Å². The Hall–Kier alpha value is -1.49. The maximum atomic E-state index is 5.75. The van der Waals surface area contributed by atoms with E-state index in [9.17, 15) is 0 Å². The van der Waals surface area contributed by atoms with Gasteiger partial charge in [0, 0.05) is 4.90 Å². The molecule has 0 spiro atoms. The number of nitrogens with zero attached hydrogens (tertiary/aromatic N) is 3. The van der Waals surface area contributed by atoms with Crippen molar-refractivity contribution in [2.45, 2.75) is 24.8 Å². The van der Waals surface area contributed by atoms with E-state index in [4.69, 9.17) is 5.73 Å². The second-order valence-electron chi connectivity index (χ2n) is 3.78. The highest BCUT2D eigenvalue weighted by molar-refractivity contribution is 7.98. The quantitative estimate of drug-likeness (QED) is 0.843. The van der Waals surface area contributed by atoms with Crippen molar-refractivity contribution in [3.63, 3.8) is 0 Å². The highest BCUT2D eigenvalue weighted by atomic mass is 32.2. The number of hydrogen-bond donors (Lipinski definition) is 1. The zero-order valence-corrected chi connectivity index (χ0v) is 10.9. The SMILES string of the molecule is CCc1c(N)nnn1Cc1ccc(SC)cc1. The number of benzene rings is 1. The summed E-state index contributed by atoms with van der Waals surface area (Å²) in [5.41, 5.74) is 7.96. The number of hydrogen-bond acceptors (Lipinski definition) is 4. The maximum Gasteiger partial charge on any atom is 0.169 e. The van der Waals surface area contributed by atoms with Gasteiger partial charge < -0.3 is 5.73 Å². The molecule has 1 aromatic heterocycles. The molecule has 2 rings (SSSR count). The van der Waals surface area contributed by atoms with Crippen LogP contribution in [0.1, 0.15) is 18.2 Å². The van der Waals surface area contributed by atoms with E-state index in [1.807, 2.05) is 4.68 Å². The largest absolute Gasteiger partial charge is 0.381 e. The van der Waals surface area contributed by atoms with E-state index in [1.165, 1.54) is 10.5 Å². The minimum absolute atomic E-state index is 0.535. The minimum Gasteiger partial charge on any atom is -0.381 e. The Morgan fingerprint density at radius 3 is 2.59 bits per heavy atom. The van der Waals surface area contributed by atoms with Gasteiger partial charge in [0.05, 0.1) is 12.2 Å². The van der Waals surface area contributed by atoms with E-state index in [0.717, 1.165) is 18.7 Å². The molecule has 0 fully saturated rings. The fourth-order valence-electron chi connectivity index (χ4n) is 1.74. The molecule has 5 heteroatoms. The van der Waals surface area contributed by atoms with Gasteiger partial charge in [-0.3, -0.25) is 0 Å². The second-order valence-corrected chi connectivity index (χ2v) is 4.66. The normalized spacial score (nSPS) is 10.7. The van der Waals surface area contributed by atoms with Crippen LogP contribution in [-0.2, 0) is 13.0 Å². The zero-order valence-electron chi connectivity index (χ0n) is 10.1. The molecule has 1 heterocycles. The molecule has 0 atom stereocenters. The summed E-state index contributed by atoms with van der Waals surface area (Å²) in [6.07, 6.45) is 2.92. The van der Waals surface area contributed by atoms with Crippen molar-refractivity contribution in [1.82, 2.24) is 15.0 Å².